The molecule has 0 bridgehead atoms. The van der Waals surface area contributed by atoms with Gasteiger partial charge in [-0.15, -0.1) is 22.0 Å². The van der Waals surface area contributed by atoms with E-state index in [4.69, 9.17) is 4.74 Å². The number of carbonyl (C=O) groups is 1. The van der Waals surface area contributed by atoms with E-state index in [1.807, 2.05) is 13.0 Å². The predicted octanol–water partition coefficient (Wildman–Crippen LogP) is 2.00. The van der Waals surface area contributed by atoms with Gasteiger partial charge in [-0.25, -0.2) is 4.79 Å². The molecule has 0 fully saturated rings. The molecular formula is C14H14N6O3S. The van der Waals surface area contributed by atoms with Crippen molar-refractivity contribution in [3.05, 3.63) is 29.7 Å². The van der Waals surface area contributed by atoms with Gasteiger partial charge >= 0.3 is 5.97 Å². The first-order valence-electron chi connectivity index (χ1n) is 6.79. The first-order chi connectivity index (χ1) is 11.6. The predicted molar refractivity (Wildman–Crippen MR) is 87.7 cm³/mol. The molecule has 0 amide bonds. The summed E-state index contributed by atoms with van der Waals surface area (Å²) < 4.78 is 5.13. The summed E-state index contributed by atoms with van der Waals surface area (Å²) in [5, 5.41) is 34.6. The number of anilines is 1. The van der Waals surface area contributed by atoms with Crippen LogP contribution in [0.15, 0.2) is 23.2 Å². The Morgan fingerprint density at radius 3 is 2.92 bits per heavy atom. The van der Waals surface area contributed by atoms with Crippen molar-refractivity contribution in [3.8, 4) is 11.8 Å². The number of H-pyrrole nitrogens is 1. The third-order valence-corrected chi connectivity index (χ3v) is 3.85. The van der Waals surface area contributed by atoms with E-state index >= 15 is 0 Å². The number of hydrogen-bond donors (Lipinski definition) is 3. The molecule has 0 radical (unpaired) electrons. The minimum Gasteiger partial charge on any atom is -0.496 e. The van der Waals surface area contributed by atoms with E-state index in [0.717, 1.165) is 10.6 Å². The van der Waals surface area contributed by atoms with Crippen LogP contribution < -0.4 is 10.1 Å². The van der Waals surface area contributed by atoms with Crippen LogP contribution in [0.2, 0.25) is 0 Å². The molecule has 1 heterocycles. The summed E-state index contributed by atoms with van der Waals surface area (Å²) in [5.74, 6) is 0.0526. The Morgan fingerprint density at radius 2 is 2.38 bits per heavy atom. The molecule has 0 atom stereocenters. The number of nitrogens with zero attached hydrogens (tertiary/aromatic N) is 4. The van der Waals surface area contributed by atoms with Gasteiger partial charge in [-0.2, -0.15) is 10.5 Å². The summed E-state index contributed by atoms with van der Waals surface area (Å²) in [6.45, 7) is 1.95. The number of allylic oxidation sites excluding steroid dienone is 1. The quantitative estimate of drug-likeness (QED) is 0.507. The molecule has 9 nitrogen and oxygen atoms in total. The van der Waals surface area contributed by atoms with Crippen LogP contribution in [0.4, 0.5) is 5.69 Å². The van der Waals surface area contributed by atoms with Crippen molar-refractivity contribution >= 4 is 29.0 Å². The molecule has 2 rings (SSSR count). The van der Waals surface area contributed by atoms with Crippen LogP contribution in [-0.2, 0) is 0 Å². The maximum absolute atomic E-state index is 11.3. The number of benzene rings is 1. The van der Waals surface area contributed by atoms with Gasteiger partial charge in [0, 0.05) is 17.2 Å². The smallest absolute Gasteiger partial charge is 0.339 e. The Balaban J connectivity index is 2.41. The highest BCUT2D eigenvalue weighted by Crippen LogP contribution is 2.34. The van der Waals surface area contributed by atoms with Crippen molar-refractivity contribution in [2.45, 2.75) is 11.8 Å². The molecule has 3 N–H and O–H groups in total. The monoisotopic (exact) mass is 346 g/mol. The minimum atomic E-state index is -1.07. The van der Waals surface area contributed by atoms with Crippen molar-refractivity contribution in [2.24, 2.45) is 0 Å². The number of aromatic carboxylic acids is 1. The van der Waals surface area contributed by atoms with Gasteiger partial charge in [-0.05, 0) is 17.0 Å². The first kappa shape index (κ1) is 17.3. The number of carboxylic acid groups (broad SMARTS) is 1. The molecule has 0 aliphatic carbocycles. The van der Waals surface area contributed by atoms with Crippen molar-refractivity contribution in [1.29, 1.82) is 5.26 Å². The van der Waals surface area contributed by atoms with Crippen molar-refractivity contribution in [3.63, 3.8) is 0 Å². The Morgan fingerprint density at radius 1 is 1.58 bits per heavy atom. The highest BCUT2D eigenvalue weighted by Gasteiger charge is 2.16. The van der Waals surface area contributed by atoms with Crippen LogP contribution >= 0.6 is 11.8 Å². The molecule has 10 heteroatoms. The Labute approximate surface area is 141 Å². The third kappa shape index (κ3) is 3.82. The molecule has 0 unspecified atom stereocenters. The van der Waals surface area contributed by atoms with E-state index in [1.54, 1.807) is 6.07 Å². The lowest BCUT2D eigenvalue weighted by Gasteiger charge is -2.13. The fraction of sp³-hybridized carbons (Fsp3) is 0.214. The van der Waals surface area contributed by atoms with Gasteiger partial charge in [0.05, 0.1) is 12.8 Å². The zero-order valence-corrected chi connectivity index (χ0v) is 13.7. The summed E-state index contributed by atoms with van der Waals surface area (Å²) in [6.07, 6.45) is 1.43. The average Bonchev–Trinajstić information content (AvgIpc) is 3.10. The van der Waals surface area contributed by atoms with Crippen LogP contribution in [0.5, 0.6) is 5.75 Å². The lowest BCUT2D eigenvalue weighted by molar-refractivity contribution is 0.0693. The maximum atomic E-state index is 11.3. The van der Waals surface area contributed by atoms with Gasteiger partial charge in [-0.3, -0.25) is 0 Å². The minimum absolute atomic E-state index is 0.0710. The van der Waals surface area contributed by atoms with E-state index in [9.17, 15) is 15.2 Å². The zero-order valence-electron chi connectivity index (χ0n) is 12.9. The number of carboxylic acids is 1. The lowest BCUT2D eigenvalue weighted by atomic mass is 10.1. The van der Waals surface area contributed by atoms with E-state index in [0.29, 0.717) is 5.69 Å². The molecule has 0 aliphatic heterocycles. The molecule has 24 heavy (non-hydrogen) atoms. The van der Waals surface area contributed by atoms with Crippen molar-refractivity contribution in [1.82, 2.24) is 20.6 Å². The topological polar surface area (TPSA) is 137 Å². The lowest BCUT2D eigenvalue weighted by Crippen LogP contribution is -2.03. The molecule has 1 aromatic heterocycles. The third-order valence-electron chi connectivity index (χ3n) is 2.91. The second-order valence-corrected chi connectivity index (χ2v) is 5.64. The second kappa shape index (κ2) is 7.98. The number of methoxy groups -OCH3 is 1. The van der Waals surface area contributed by atoms with Crippen molar-refractivity contribution in [2.75, 3.05) is 18.2 Å². The second-order valence-electron chi connectivity index (χ2n) is 4.34. The number of hydrogen-bond acceptors (Lipinski definition) is 8. The molecule has 124 valence electrons. The molecule has 2 aromatic rings. The summed E-state index contributed by atoms with van der Waals surface area (Å²) in [4.78, 5) is 12.0. The average molecular weight is 346 g/mol. The van der Waals surface area contributed by atoms with E-state index in [1.165, 1.54) is 31.1 Å². The van der Waals surface area contributed by atoms with Gasteiger partial charge < -0.3 is 15.2 Å². The molecule has 0 spiro atoms. The van der Waals surface area contributed by atoms with Crippen molar-refractivity contribution < 1.29 is 14.6 Å². The van der Waals surface area contributed by atoms with Crippen LogP contribution in [0, 0.1) is 11.3 Å². The fourth-order valence-electron chi connectivity index (χ4n) is 1.86. The Kier molecular flexibility index (Phi) is 5.75. The van der Waals surface area contributed by atoms with Crippen LogP contribution in [0.1, 0.15) is 23.1 Å². The first-order valence-corrected chi connectivity index (χ1v) is 7.78. The van der Waals surface area contributed by atoms with Crippen LogP contribution in [0.3, 0.4) is 0 Å². The number of thioether (sulfide) groups is 1. The summed E-state index contributed by atoms with van der Waals surface area (Å²) in [7, 11) is 1.40. The van der Waals surface area contributed by atoms with E-state index < -0.39 is 5.97 Å². The molecular weight excluding hydrogens is 332 g/mol. The number of nitrogens with one attached hydrogen (secondary N) is 2. The molecule has 1 aromatic carbocycles. The number of aromatic nitrogens is 4. The Bertz CT molecular complexity index is 798. The maximum Gasteiger partial charge on any atom is 0.339 e. The van der Waals surface area contributed by atoms with Gasteiger partial charge in [0.2, 0.25) is 5.82 Å². The highest BCUT2D eigenvalue weighted by atomic mass is 32.2. The van der Waals surface area contributed by atoms with E-state index in [-0.39, 0.29) is 22.7 Å². The Hall–Kier alpha value is -3.06. The molecule has 0 aliphatic rings. The van der Waals surface area contributed by atoms with Crippen LogP contribution in [-0.4, -0.2) is 44.6 Å². The SMILES string of the molecule is CCSc1cc(C(=O)O)c(OC)cc1NC=C(C#N)c1nn[nH]n1. The van der Waals surface area contributed by atoms with Gasteiger partial charge in [0.1, 0.15) is 23.0 Å². The number of nitriles is 1. The number of ether oxygens (including phenoxy) is 1. The largest absolute Gasteiger partial charge is 0.496 e. The van der Waals surface area contributed by atoms with Crippen LogP contribution in [0.25, 0.3) is 5.57 Å². The number of tetrazole rings is 1. The van der Waals surface area contributed by atoms with Gasteiger partial charge in [0.25, 0.3) is 0 Å². The summed E-state index contributed by atoms with van der Waals surface area (Å²) in [5.41, 5.74) is 0.860. The zero-order chi connectivity index (χ0) is 17.5. The molecule has 0 saturated carbocycles. The van der Waals surface area contributed by atoms with Gasteiger partial charge in [0.15, 0.2) is 0 Å². The van der Waals surface area contributed by atoms with Gasteiger partial charge in [-0.1, -0.05) is 6.92 Å². The fourth-order valence-corrected chi connectivity index (χ4v) is 2.64. The highest BCUT2D eigenvalue weighted by molar-refractivity contribution is 7.99. The molecule has 0 saturated heterocycles. The number of rotatable bonds is 7. The summed E-state index contributed by atoms with van der Waals surface area (Å²) in [6, 6.07) is 5.07. The number of aromatic amines is 1. The van der Waals surface area contributed by atoms with E-state index in [2.05, 4.69) is 25.9 Å². The normalized spacial score (nSPS) is 11.0. The standard InChI is InChI=1S/C14H14N6O3S/c1-3-24-12-4-9(14(21)22)11(23-2)5-10(12)16-7-8(6-15)13-17-19-20-18-13/h4-5,7,16H,3H2,1-2H3,(H,21,22)(H,17,18,19,20). The summed E-state index contributed by atoms with van der Waals surface area (Å²) >= 11 is 1.47.